The Morgan fingerprint density at radius 2 is 0.682 bits per heavy atom. The first kappa shape index (κ1) is 56.2. The van der Waals surface area contributed by atoms with Crippen molar-refractivity contribution in [2.45, 2.75) is 0 Å². The van der Waals surface area contributed by atoms with Gasteiger partial charge >= 0.3 is 17.1 Å². The second-order valence-corrected chi connectivity index (χ2v) is 23.3. The number of ketones is 2. The summed E-state index contributed by atoms with van der Waals surface area (Å²) in [6.45, 7) is 4.75. The normalized spacial score (nSPS) is 11.6. The molecule has 0 spiro atoms. The van der Waals surface area contributed by atoms with E-state index >= 15 is 0 Å². The Balaban J connectivity index is 0.000000115. The molecule has 0 bridgehead atoms. The maximum atomic E-state index is 12.1. The van der Waals surface area contributed by atoms with Crippen molar-refractivity contribution in [3.05, 3.63) is 229 Å². The number of hydrogen-bond acceptors (Lipinski definition) is 11. The van der Waals surface area contributed by atoms with Crippen LogP contribution in [0.1, 0.15) is 31.8 Å². The van der Waals surface area contributed by atoms with Gasteiger partial charge in [-0.3, -0.25) is 9.59 Å². The first-order chi connectivity index (χ1) is 40.9. The van der Waals surface area contributed by atoms with E-state index in [1.165, 1.54) is 32.7 Å². The van der Waals surface area contributed by atoms with E-state index in [0.717, 1.165) is 106 Å². The van der Waals surface area contributed by atoms with Crippen LogP contribution in [0.5, 0.6) is 0 Å². The molecule has 16 heteroatoms. The Morgan fingerprint density at radius 1 is 0.365 bits per heavy atom. The predicted octanol–water partition coefficient (Wildman–Crippen LogP) is 18.3. The molecule has 0 aliphatic heterocycles. The zero-order valence-electron chi connectivity index (χ0n) is 43.7. The van der Waals surface area contributed by atoms with Crippen molar-refractivity contribution in [1.29, 1.82) is 15.8 Å². The summed E-state index contributed by atoms with van der Waals surface area (Å²) in [6, 6.07) is 64.2. The van der Waals surface area contributed by atoms with Crippen LogP contribution in [0.2, 0.25) is 0 Å². The largest absolute Gasteiger partial charge is 1.00 e. The van der Waals surface area contributed by atoms with Gasteiger partial charge in [-0.2, -0.15) is 10.5 Å². The van der Waals surface area contributed by atoms with E-state index in [0.29, 0.717) is 44.7 Å². The number of nitrogens with zero attached hydrogens (tertiary/aromatic N) is 7. The van der Waals surface area contributed by atoms with E-state index in [1.807, 2.05) is 72.8 Å². The van der Waals surface area contributed by atoms with Crippen molar-refractivity contribution in [3.63, 3.8) is 0 Å². The fraction of sp³-hybridized carbons (Fsp3) is 0. The summed E-state index contributed by atoms with van der Waals surface area (Å²) in [5.74, 6) is -0.759. The van der Waals surface area contributed by atoms with E-state index < -0.39 is 0 Å². The number of hydrogen-bond donors (Lipinski definition) is 2. The number of rotatable bonds is 0. The van der Waals surface area contributed by atoms with Crippen LogP contribution < -0.4 is 11.5 Å². The van der Waals surface area contributed by atoms with Gasteiger partial charge in [0.1, 0.15) is 12.1 Å². The Bertz CT molecular complexity index is 5360. The Kier molecular flexibility index (Phi) is 14.8. The summed E-state index contributed by atoms with van der Waals surface area (Å²) in [6.07, 6.45) is 0. The molecule has 406 valence electrons. The SMILES string of the molecule is Brc1cc2nc3c(nc2cc1Br)-c1c2ccccc2cc2cccc-3c12.N#Cc1cc2nc3c(nc2cc1C#N)-c1c2ccccc2cc2cccc-3c12.Nc1cc(Br)c(Br)cc1N.O=C1C(=O)c2c3ccccc3cc3cccc1c23.[C-]#N.[Cu+]. The maximum absolute atomic E-state index is 12.1. The van der Waals surface area contributed by atoms with Gasteiger partial charge in [0.25, 0.3) is 0 Å². The molecule has 3 aliphatic carbocycles. The number of halogens is 4. The standard InChI is InChI=1S/C24H10N4.C22H10Br2N2.C16H8O2.C6H6Br2N2.CN.Cu/c25-11-15-9-19-20(10-16(15)12-26)28-24-22-17-6-2-1-4-13(17)8-14-5-3-7-18(21(14)22)23(24)27-19;23-15-9-17-18(10-16(15)24)26-22-20-13-6-2-1-4-11(13)8-12-5-3-7-14(19(12)20)21(22)25-17;17-15-12-7-3-5-10-8-9-4-1-2-6-11(9)14(13(10)12)16(15)18;7-3-1-5(9)6(10)2-4(3)8;1-2;/h1-10H;1-10H;1-8H;1-2H,9-10H2;;/q;;;;-1;+1. The van der Waals surface area contributed by atoms with Crippen LogP contribution in [-0.4, -0.2) is 31.5 Å². The van der Waals surface area contributed by atoms with E-state index in [9.17, 15) is 20.1 Å². The average Bonchev–Trinajstić information content (AvgIpc) is 1.69. The van der Waals surface area contributed by atoms with Crippen LogP contribution in [0.25, 0.3) is 132 Å². The molecule has 2 heterocycles. The molecule has 0 unspecified atom stereocenters. The van der Waals surface area contributed by atoms with Gasteiger partial charge < -0.3 is 23.3 Å². The zero-order valence-corrected chi connectivity index (χ0v) is 51.0. The van der Waals surface area contributed by atoms with Gasteiger partial charge in [0.05, 0.1) is 67.3 Å². The summed E-state index contributed by atoms with van der Waals surface area (Å²) in [5, 5.41) is 38.2. The van der Waals surface area contributed by atoms with Gasteiger partial charge in [-0.05, 0) is 167 Å². The number of carbonyl (C=O) groups excluding carboxylic acids is 2. The third-order valence-electron chi connectivity index (χ3n) is 15.2. The third-order valence-corrected chi connectivity index (χ3v) is 18.9. The third kappa shape index (κ3) is 9.34. The molecule has 0 atom stereocenters. The molecular weight excluding hydrogens is 1370 g/mol. The number of nitrogens with two attached hydrogens (primary N) is 2. The van der Waals surface area contributed by atoms with Crippen LogP contribution in [0.4, 0.5) is 11.4 Å². The van der Waals surface area contributed by atoms with Crippen molar-refractivity contribution >= 4 is 173 Å². The first-order valence-corrected chi connectivity index (χ1v) is 29.0. The van der Waals surface area contributed by atoms with Gasteiger partial charge in [-0.25, -0.2) is 19.9 Å². The minimum absolute atomic E-state index is 0. The smallest absolute Gasteiger partial charge is 0.512 e. The van der Waals surface area contributed by atoms with Crippen LogP contribution in [0.3, 0.4) is 0 Å². The average molecular weight is 1400 g/mol. The molecule has 2 aromatic heterocycles. The molecule has 0 saturated heterocycles. The molecule has 12 aromatic carbocycles. The topological polar surface area (TPSA) is 209 Å². The second-order valence-electron chi connectivity index (χ2n) is 19.9. The molecular formula is C69H34Br4CuN9O2. The fourth-order valence-electron chi connectivity index (χ4n) is 11.6. The van der Waals surface area contributed by atoms with Crippen molar-refractivity contribution in [2.24, 2.45) is 0 Å². The molecule has 11 nitrogen and oxygen atoms in total. The molecule has 17 rings (SSSR count). The van der Waals surface area contributed by atoms with Gasteiger partial charge in [-0.1, -0.05) is 127 Å². The summed E-state index contributed by atoms with van der Waals surface area (Å²) < 4.78 is 3.80. The van der Waals surface area contributed by atoms with Gasteiger partial charge in [-0.15, -0.1) is 0 Å². The number of fused-ring (bicyclic) bond motifs is 14. The number of Topliss-reactive ketones (excluding diaryl/α,β-unsaturated/α-hetero) is 2. The summed E-state index contributed by atoms with van der Waals surface area (Å²) in [5.41, 5.74) is 25.2. The van der Waals surface area contributed by atoms with Gasteiger partial charge in [0.15, 0.2) is 0 Å². The number of nitriles is 2. The number of anilines is 2. The van der Waals surface area contributed by atoms with E-state index in [1.54, 1.807) is 30.3 Å². The summed E-state index contributed by atoms with van der Waals surface area (Å²) in [4.78, 5) is 43.9. The van der Waals surface area contributed by atoms with Crippen LogP contribution >= 0.6 is 63.7 Å². The number of nitrogen functional groups attached to an aromatic ring is 2. The van der Waals surface area contributed by atoms with Crippen molar-refractivity contribution in [1.82, 2.24) is 19.9 Å². The quantitative estimate of drug-likeness (QED) is 0.0480. The molecule has 0 radical (unpaired) electrons. The molecule has 14 aromatic rings. The molecule has 3 aliphatic rings. The molecule has 0 fully saturated rings. The number of aromatic nitrogens is 4. The maximum Gasteiger partial charge on any atom is 1.00 e. The molecule has 0 amide bonds. The summed E-state index contributed by atoms with van der Waals surface area (Å²) in [7, 11) is 0. The summed E-state index contributed by atoms with van der Waals surface area (Å²) >= 11 is 13.7. The van der Waals surface area contributed by atoms with Gasteiger partial charge in [0.2, 0.25) is 11.6 Å². The minimum atomic E-state index is -0.382. The molecule has 0 saturated carbocycles. The van der Waals surface area contributed by atoms with E-state index in [2.05, 4.69) is 155 Å². The number of carbonyl (C=O) groups is 2. The van der Waals surface area contributed by atoms with Gasteiger partial charge in [0, 0.05) is 67.4 Å². The van der Waals surface area contributed by atoms with Crippen molar-refractivity contribution < 1.29 is 26.7 Å². The number of benzene rings is 12. The van der Waals surface area contributed by atoms with Crippen molar-refractivity contribution in [3.8, 4) is 57.2 Å². The van der Waals surface area contributed by atoms with Crippen molar-refractivity contribution in [2.75, 3.05) is 11.5 Å². The van der Waals surface area contributed by atoms with Crippen LogP contribution in [-0.2, 0) is 17.1 Å². The minimum Gasteiger partial charge on any atom is -0.512 e. The first-order valence-electron chi connectivity index (χ1n) is 25.9. The fourth-order valence-corrected chi connectivity index (χ4v) is 12.9. The van der Waals surface area contributed by atoms with E-state index in [4.69, 9.17) is 43.2 Å². The Hall–Kier alpha value is -9.27. The molecule has 4 N–H and O–H groups in total. The zero-order chi connectivity index (χ0) is 58.2. The monoisotopic (exact) mass is 1400 g/mol. The Morgan fingerprint density at radius 3 is 1.08 bits per heavy atom. The Labute approximate surface area is 528 Å². The second kappa shape index (κ2) is 22.4. The predicted molar refractivity (Wildman–Crippen MR) is 349 cm³/mol. The molecule has 85 heavy (non-hydrogen) atoms. The van der Waals surface area contributed by atoms with E-state index in [-0.39, 0.29) is 28.6 Å². The van der Waals surface area contributed by atoms with Crippen LogP contribution in [0.15, 0.2) is 200 Å². The van der Waals surface area contributed by atoms with Crippen LogP contribution in [0, 0.1) is 34.5 Å².